The highest BCUT2D eigenvalue weighted by atomic mass is 79.9. The highest BCUT2D eigenvalue weighted by molar-refractivity contribution is 9.10. The van der Waals surface area contributed by atoms with Crippen LogP contribution in [0.4, 0.5) is 11.4 Å². The maximum Gasteiger partial charge on any atom is 0.264 e. The quantitative estimate of drug-likeness (QED) is 0.568. The summed E-state index contributed by atoms with van der Waals surface area (Å²) in [5, 5.41) is 2.78. The summed E-state index contributed by atoms with van der Waals surface area (Å²) in [5.41, 5.74) is 1.09. The van der Waals surface area contributed by atoms with Crippen molar-refractivity contribution in [3.05, 3.63) is 82.8 Å². The summed E-state index contributed by atoms with van der Waals surface area (Å²) in [5.74, 6) is 0.257. The number of methoxy groups -OCH3 is 1. The second-order valence-corrected chi connectivity index (χ2v) is 9.01. The van der Waals surface area contributed by atoms with E-state index in [9.17, 15) is 13.2 Å². The van der Waals surface area contributed by atoms with Gasteiger partial charge in [0.05, 0.1) is 23.3 Å². The molecule has 8 heteroatoms. The molecule has 0 fully saturated rings. The first-order valence-electron chi connectivity index (χ1n) is 8.62. The van der Waals surface area contributed by atoms with Crippen LogP contribution in [0.2, 0.25) is 0 Å². The van der Waals surface area contributed by atoms with Crippen molar-refractivity contribution in [1.82, 2.24) is 0 Å². The largest absolute Gasteiger partial charge is 0.497 e. The highest BCUT2D eigenvalue weighted by Crippen LogP contribution is 2.27. The van der Waals surface area contributed by atoms with Crippen LogP contribution in [0.15, 0.2) is 82.2 Å². The van der Waals surface area contributed by atoms with Crippen LogP contribution in [-0.4, -0.2) is 28.5 Å². The molecule has 150 valence electrons. The number of ether oxygens (including phenoxy) is 1. The molecule has 0 aliphatic rings. The Morgan fingerprint density at radius 2 is 1.59 bits per heavy atom. The molecule has 6 nitrogen and oxygen atoms in total. The summed E-state index contributed by atoms with van der Waals surface area (Å²) in [6.07, 6.45) is 0. The summed E-state index contributed by atoms with van der Waals surface area (Å²) >= 11 is 3.30. The van der Waals surface area contributed by atoms with E-state index in [1.54, 1.807) is 67.8 Å². The lowest BCUT2D eigenvalue weighted by molar-refractivity contribution is 0.102. The standard InChI is InChI=1S/C21H19BrN2O4S/c1-24(29(26,27)18-13-7-15(22)8-14-18)20-6-4-3-5-19(20)21(25)23-16-9-11-17(28-2)12-10-16/h3-14H,1-2H3,(H,23,25). The molecule has 0 saturated carbocycles. The van der Waals surface area contributed by atoms with Crippen molar-refractivity contribution >= 4 is 43.2 Å². The number of amides is 1. The van der Waals surface area contributed by atoms with Crippen molar-refractivity contribution in [3.63, 3.8) is 0 Å². The van der Waals surface area contributed by atoms with Gasteiger partial charge in [0.15, 0.2) is 0 Å². The van der Waals surface area contributed by atoms with Gasteiger partial charge in [-0.25, -0.2) is 8.42 Å². The summed E-state index contributed by atoms with van der Waals surface area (Å²) < 4.78 is 33.0. The average Bonchev–Trinajstić information content (AvgIpc) is 2.74. The Hall–Kier alpha value is -2.84. The normalized spacial score (nSPS) is 11.0. The fraction of sp³-hybridized carbons (Fsp3) is 0.0952. The van der Waals surface area contributed by atoms with Crippen LogP contribution in [-0.2, 0) is 10.0 Å². The van der Waals surface area contributed by atoms with Gasteiger partial charge in [-0.3, -0.25) is 9.10 Å². The van der Waals surface area contributed by atoms with E-state index in [4.69, 9.17) is 4.74 Å². The minimum Gasteiger partial charge on any atom is -0.497 e. The third kappa shape index (κ3) is 4.60. The lowest BCUT2D eigenvalue weighted by Gasteiger charge is -2.22. The van der Waals surface area contributed by atoms with Gasteiger partial charge in [-0.2, -0.15) is 0 Å². The summed E-state index contributed by atoms with van der Waals surface area (Å²) in [7, 11) is -0.842. The van der Waals surface area contributed by atoms with Gasteiger partial charge in [-0.15, -0.1) is 0 Å². The first-order chi connectivity index (χ1) is 13.8. The van der Waals surface area contributed by atoms with Gasteiger partial charge in [-0.1, -0.05) is 28.1 Å². The average molecular weight is 475 g/mol. The van der Waals surface area contributed by atoms with E-state index in [1.165, 1.54) is 19.2 Å². The fourth-order valence-corrected chi connectivity index (χ4v) is 4.19. The number of para-hydroxylation sites is 1. The molecule has 29 heavy (non-hydrogen) atoms. The van der Waals surface area contributed by atoms with Crippen LogP contribution in [0.25, 0.3) is 0 Å². The number of hydrogen-bond donors (Lipinski definition) is 1. The molecule has 3 aromatic rings. The lowest BCUT2D eigenvalue weighted by Crippen LogP contribution is -2.29. The van der Waals surface area contributed by atoms with Crippen molar-refractivity contribution < 1.29 is 17.9 Å². The molecule has 0 spiro atoms. The fourth-order valence-electron chi connectivity index (χ4n) is 2.71. The van der Waals surface area contributed by atoms with E-state index in [0.717, 1.165) is 8.78 Å². The molecule has 0 aromatic heterocycles. The van der Waals surface area contributed by atoms with Crippen molar-refractivity contribution in [2.45, 2.75) is 4.90 Å². The van der Waals surface area contributed by atoms with E-state index >= 15 is 0 Å². The Kier molecular flexibility index (Phi) is 6.24. The molecule has 0 saturated heterocycles. The van der Waals surface area contributed by atoms with Gasteiger partial charge in [0.1, 0.15) is 5.75 Å². The predicted octanol–water partition coefficient (Wildman–Crippen LogP) is 4.54. The van der Waals surface area contributed by atoms with E-state index < -0.39 is 15.9 Å². The second-order valence-electron chi connectivity index (χ2n) is 6.13. The van der Waals surface area contributed by atoms with Gasteiger partial charge in [0.2, 0.25) is 0 Å². The number of carbonyl (C=O) groups excluding carboxylic acids is 1. The number of benzene rings is 3. The van der Waals surface area contributed by atoms with Crippen molar-refractivity contribution in [1.29, 1.82) is 0 Å². The molecule has 0 heterocycles. The molecule has 0 radical (unpaired) electrons. The highest BCUT2D eigenvalue weighted by Gasteiger charge is 2.25. The van der Waals surface area contributed by atoms with Gasteiger partial charge in [-0.05, 0) is 60.7 Å². The molecule has 0 bridgehead atoms. The third-order valence-electron chi connectivity index (χ3n) is 4.31. The van der Waals surface area contributed by atoms with Gasteiger partial charge in [0, 0.05) is 17.2 Å². The Balaban J connectivity index is 1.91. The molecule has 0 aliphatic heterocycles. The number of nitrogens with zero attached hydrogens (tertiary/aromatic N) is 1. The zero-order chi connectivity index (χ0) is 21.0. The van der Waals surface area contributed by atoms with Gasteiger partial charge >= 0.3 is 0 Å². The van der Waals surface area contributed by atoms with Crippen LogP contribution >= 0.6 is 15.9 Å². The van der Waals surface area contributed by atoms with E-state index in [0.29, 0.717) is 11.4 Å². The summed E-state index contributed by atoms with van der Waals surface area (Å²) in [4.78, 5) is 13.0. The summed E-state index contributed by atoms with van der Waals surface area (Å²) in [6, 6.07) is 19.8. The van der Waals surface area contributed by atoms with E-state index in [2.05, 4.69) is 21.2 Å². The van der Waals surface area contributed by atoms with Crippen molar-refractivity contribution in [2.24, 2.45) is 0 Å². The lowest BCUT2D eigenvalue weighted by atomic mass is 10.1. The monoisotopic (exact) mass is 474 g/mol. The zero-order valence-corrected chi connectivity index (χ0v) is 18.2. The number of hydrogen-bond acceptors (Lipinski definition) is 4. The van der Waals surface area contributed by atoms with Crippen LogP contribution in [0.5, 0.6) is 5.75 Å². The first-order valence-corrected chi connectivity index (χ1v) is 10.8. The maximum absolute atomic E-state index is 13.0. The summed E-state index contributed by atoms with van der Waals surface area (Å²) in [6.45, 7) is 0. The Bertz CT molecular complexity index is 1110. The van der Waals surface area contributed by atoms with Crippen LogP contribution in [0, 0.1) is 0 Å². The van der Waals surface area contributed by atoms with Crippen LogP contribution in [0.3, 0.4) is 0 Å². The van der Waals surface area contributed by atoms with E-state index in [-0.39, 0.29) is 16.1 Å². The molecular formula is C21H19BrN2O4S. The minimum atomic E-state index is -3.83. The topological polar surface area (TPSA) is 75.7 Å². The number of carbonyl (C=O) groups is 1. The Morgan fingerprint density at radius 1 is 0.966 bits per heavy atom. The molecule has 0 unspecified atom stereocenters. The first kappa shape index (κ1) is 20.9. The predicted molar refractivity (Wildman–Crippen MR) is 117 cm³/mol. The Morgan fingerprint density at radius 3 is 2.21 bits per heavy atom. The molecular weight excluding hydrogens is 456 g/mol. The molecule has 1 N–H and O–H groups in total. The second kappa shape index (κ2) is 8.67. The molecule has 3 rings (SSSR count). The number of sulfonamides is 1. The number of rotatable bonds is 6. The van der Waals surface area contributed by atoms with Crippen molar-refractivity contribution in [3.8, 4) is 5.75 Å². The number of anilines is 2. The zero-order valence-electron chi connectivity index (χ0n) is 15.8. The van der Waals surface area contributed by atoms with Crippen LogP contribution < -0.4 is 14.4 Å². The molecule has 0 aliphatic carbocycles. The molecule has 3 aromatic carbocycles. The SMILES string of the molecule is COc1ccc(NC(=O)c2ccccc2N(C)S(=O)(=O)c2ccc(Br)cc2)cc1. The van der Waals surface area contributed by atoms with E-state index in [1.807, 2.05) is 0 Å². The smallest absolute Gasteiger partial charge is 0.264 e. The van der Waals surface area contributed by atoms with Crippen molar-refractivity contribution in [2.75, 3.05) is 23.8 Å². The minimum absolute atomic E-state index is 0.133. The molecule has 0 atom stereocenters. The third-order valence-corrected chi connectivity index (χ3v) is 6.62. The number of halogens is 1. The Labute approximate surface area is 178 Å². The number of nitrogens with one attached hydrogen (secondary N) is 1. The van der Waals surface area contributed by atoms with Gasteiger partial charge in [0.25, 0.3) is 15.9 Å². The van der Waals surface area contributed by atoms with Gasteiger partial charge < -0.3 is 10.1 Å². The molecule has 1 amide bonds. The van der Waals surface area contributed by atoms with Crippen LogP contribution in [0.1, 0.15) is 10.4 Å². The maximum atomic E-state index is 13.0.